The van der Waals surface area contributed by atoms with Crippen LogP contribution in [0.15, 0.2) is 11.6 Å². The third-order valence-corrected chi connectivity index (χ3v) is 8.03. The highest BCUT2D eigenvalue weighted by atomic mass is 16.5. The van der Waals surface area contributed by atoms with Gasteiger partial charge in [0, 0.05) is 17.4 Å². The first-order valence-electron chi connectivity index (χ1n) is 9.24. The Bertz CT molecular complexity index is 592. The standard InChI is InChI=1S/C20H28O3/c1-12(21)15-6-7-16-14-5-4-13-10-18(22)23-11-20(13,3)17(14)8-9-19(15,16)2/h10,14-17H,4-9,11H2,1-3H3/t14-,15+,16-,17-,19+,20-/m0/s1. The van der Waals surface area contributed by atoms with Crippen LogP contribution in [-0.2, 0) is 14.3 Å². The van der Waals surface area contributed by atoms with Crippen molar-refractivity contribution >= 4 is 11.8 Å². The molecule has 126 valence electrons. The lowest BCUT2D eigenvalue weighted by Crippen LogP contribution is -2.52. The number of ketones is 1. The number of esters is 1. The molecule has 0 N–H and O–H groups in total. The summed E-state index contributed by atoms with van der Waals surface area (Å²) in [6.07, 6.45) is 8.59. The lowest BCUT2D eigenvalue weighted by atomic mass is 9.48. The summed E-state index contributed by atoms with van der Waals surface area (Å²) in [5.41, 5.74) is 1.56. The number of hydrogen-bond acceptors (Lipinski definition) is 3. The molecule has 0 aromatic carbocycles. The minimum atomic E-state index is -0.158. The van der Waals surface area contributed by atoms with Gasteiger partial charge in [-0.2, -0.15) is 0 Å². The van der Waals surface area contributed by atoms with Crippen LogP contribution in [0.3, 0.4) is 0 Å². The van der Waals surface area contributed by atoms with Crippen molar-refractivity contribution in [2.45, 2.75) is 59.3 Å². The van der Waals surface area contributed by atoms with E-state index < -0.39 is 0 Å². The zero-order valence-corrected chi connectivity index (χ0v) is 14.6. The maximum absolute atomic E-state index is 12.1. The SMILES string of the molecule is CC(=O)[C@H]1CC[C@H]2[C@@H]3CCC4=CC(=O)OC[C@]4(C)[C@H]3CC[C@]12C. The van der Waals surface area contributed by atoms with Gasteiger partial charge in [0.25, 0.3) is 0 Å². The second-order valence-corrected chi connectivity index (χ2v) is 8.90. The van der Waals surface area contributed by atoms with E-state index in [1.165, 1.54) is 24.8 Å². The summed E-state index contributed by atoms with van der Waals surface area (Å²) in [7, 11) is 0. The van der Waals surface area contributed by atoms with Crippen molar-refractivity contribution in [2.75, 3.05) is 6.61 Å². The largest absolute Gasteiger partial charge is 0.462 e. The molecule has 6 atom stereocenters. The Labute approximate surface area is 138 Å². The lowest BCUT2D eigenvalue weighted by molar-refractivity contribution is -0.149. The summed E-state index contributed by atoms with van der Waals surface area (Å²) >= 11 is 0. The van der Waals surface area contributed by atoms with Gasteiger partial charge in [-0.15, -0.1) is 0 Å². The summed E-state index contributed by atoms with van der Waals surface area (Å²) in [5, 5.41) is 0. The molecule has 0 unspecified atom stereocenters. The molecular weight excluding hydrogens is 288 g/mol. The third-order valence-electron chi connectivity index (χ3n) is 8.03. The summed E-state index contributed by atoms with van der Waals surface area (Å²) in [5.74, 6) is 2.47. The van der Waals surface area contributed by atoms with Crippen LogP contribution < -0.4 is 0 Å². The first-order valence-corrected chi connectivity index (χ1v) is 9.24. The van der Waals surface area contributed by atoms with Gasteiger partial charge in [0.1, 0.15) is 12.4 Å². The molecule has 0 saturated heterocycles. The average molecular weight is 316 g/mol. The second kappa shape index (κ2) is 4.94. The summed E-state index contributed by atoms with van der Waals surface area (Å²) in [6, 6.07) is 0. The fourth-order valence-electron chi connectivity index (χ4n) is 6.84. The van der Waals surface area contributed by atoms with Crippen molar-refractivity contribution in [3.63, 3.8) is 0 Å². The highest BCUT2D eigenvalue weighted by Gasteiger charge is 2.60. The monoisotopic (exact) mass is 316 g/mol. The van der Waals surface area contributed by atoms with Gasteiger partial charge in [-0.05, 0) is 68.6 Å². The maximum Gasteiger partial charge on any atom is 0.330 e. The Hall–Kier alpha value is -1.12. The van der Waals surface area contributed by atoms with E-state index in [1.807, 2.05) is 0 Å². The molecule has 3 fully saturated rings. The Balaban J connectivity index is 1.67. The van der Waals surface area contributed by atoms with Crippen molar-refractivity contribution in [1.82, 2.24) is 0 Å². The van der Waals surface area contributed by atoms with Crippen LogP contribution in [0.5, 0.6) is 0 Å². The third kappa shape index (κ3) is 2.01. The van der Waals surface area contributed by atoms with E-state index in [9.17, 15) is 9.59 Å². The molecule has 3 heteroatoms. The van der Waals surface area contributed by atoms with Gasteiger partial charge in [0.05, 0.1) is 0 Å². The van der Waals surface area contributed by atoms with Gasteiger partial charge in [-0.1, -0.05) is 19.4 Å². The van der Waals surface area contributed by atoms with Crippen LogP contribution in [0.4, 0.5) is 0 Å². The first-order chi connectivity index (χ1) is 10.9. The lowest BCUT2D eigenvalue weighted by Gasteiger charge is -2.57. The number of carbonyl (C=O) groups is 2. The topological polar surface area (TPSA) is 43.4 Å². The second-order valence-electron chi connectivity index (χ2n) is 8.90. The molecule has 4 aliphatic rings. The molecule has 3 saturated carbocycles. The minimum Gasteiger partial charge on any atom is -0.462 e. The van der Waals surface area contributed by atoms with Crippen LogP contribution >= 0.6 is 0 Å². The molecule has 0 amide bonds. The number of ether oxygens (including phenoxy) is 1. The van der Waals surface area contributed by atoms with Crippen LogP contribution in [0.2, 0.25) is 0 Å². The predicted octanol–water partition coefficient (Wildman–Crippen LogP) is 3.92. The fourth-order valence-corrected chi connectivity index (χ4v) is 6.84. The minimum absolute atomic E-state index is 0.0342. The number of cyclic esters (lactones) is 1. The van der Waals surface area contributed by atoms with E-state index >= 15 is 0 Å². The fraction of sp³-hybridized carbons (Fsp3) is 0.800. The highest BCUT2D eigenvalue weighted by molar-refractivity contribution is 5.84. The van der Waals surface area contributed by atoms with E-state index in [0.717, 1.165) is 19.3 Å². The van der Waals surface area contributed by atoms with Gasteiger partial charge in [0.15, 0.2) is 0 Å². The molecule has 0 bridgehead atoms. The van der Waals surface area contributed by atoms with Crippen molar-refractivity contribution in [1.29, 1.82) is 0 Å². The van der Waals surface area contributed by atoms with Crippen molar-refractivity contribution in [2.24, 2.45) is 34.5 Å². The van der Waals surface area contributed by atoms with E-state index in [0.29, 0.717) is 30.1 Å². The predicted molar refractivity (Wildman–Crippen MR) is 87.6 cm³/mol. The summed E-state index contributed by atoms with van der Waals surface area (Å²) in [6.45, 7) is 7.02. The molecule has 1 heterocycles. The maximum atomic E-state index is 12.1. The quantitative estimate of drug-likeness (QED) is 0.689. The van der Waals surface area contributed by atoms with Gasteiger partial charge < -0.3 is 4.74 Å². The molecule has 0 aromatic heterocycles. The van der Waals surface area contributed by atoms with Crippen molar-refractivity contribution < 1.29 is 14.3 Å². The molecular formula is C20H28O3. The van der Waals surface area contributed by atoms with Crippen LogP contribution in [-0.4, -0.2) is 18.4 Å². The number of hydrogen-bond donors (Lipinski definition) is 0. The van der Waals surface area contributed by atoms with Gasteiger partial charge in [-0.3, -0.25) is 4.79 Å². The van der Waals surface area contributed by atoms with Crippen LogP contribution in [0, 0.1) is 34.5 Å². The smallest absolute Gasteiger partial charge is 0.330 e. The van der Waals surface area contributed by atoms with Crippen LogP contribution in [0.25, 0.3) is 0 Å². The Kier molecular flexibility index (Phi) is 3.31. The Morgan fingerprint density at radius 3 is 2.70 bits per heavy atom. The van der Waals surface area contributed by atoms with E-state index in [4.69, 9.17) is 4.74 Å². The molecule has 0 aromatic rings. The van der Waals surface area contributed by atoms with E-state index in [-0.39, 0.29) is 22.7 Å². The summed E-state index contributed by atoms with van der Waals surface area (Å²) in [4.78, 5) is 23.8. The summed E-state index contributed by atoms with van der Waals surface area (Å²) < 4.78 is 5.43. The Morgan fingerprint density at radius 1 is 1.17 bits per heavy atom. The number of fused-ring (bicyclic) bond motifs is 5. The molecule has 3 aliphatic carbocycles. The zero-order chi connectivity index (χ0) is 16.4. The number of rotatable bonds is 1. The number of carbonyl (C=O) groups excluding carboxylic acids is 2. The van der Waals surface area contributed by atoms with E-state index in [2.05, 4.69) is 13.8 Å². The van der Waals surface area contributed by atoms with Crippen molar-refractivity contribution in [3.05, 3.63) is 11.6 Å². The van der Waals surface area contributed by atoms with Crippen molar-refractivity contribution in [3.8, 4) is 0 Å². The molecule has 4 rings (SSSR count). The van der Waals surface area contributed by atoms with Gasteiger partial charge in [-0.25, -0.2) is 4.79 Å². The highest BCUT2D eigenvalue weighted by Crippen LogP contribution is 2.65. The zero-order valence-electron chi connectivity index (χ0n) is 14.6. The molecule has 3 nitrogen and oxygen atoms in total. The van der Waals surface area contributed by atoms with Gasteiger partial charge >= 0.3 is 5.97 Å². The normalized spacial score (nSPS) is 48.7. The van der Waals surface area contributed by atoms with Crippen LogP contribution in [0.1, 0.15) is 59.3 Å². The average Bonchev–Trinajstić information content (AvgIpc) is 2.85. The first kappa shape index (κ1) is 15.4. The Morgan fingerprint density at radius 2 is 1.96 bits per heavy atom. The molecule has 1 aliphatic heterocycles. The molecule has 0 spiro atoms. The molecule has 23 heavy (non-hydrogen) atoms. The number of Topliss-reactive ketones (excluding diaryl/α,β-unsaturated/α-hetero) is 1. The van der Waals surface area contributed by atoms with E-state index in [1.54, 1.807) is 13.0 Å². The molecule has 0 radical (unpaired) electrons. The van der Waals surface area contributed by atoms with Gasteiger partial charge in [0.2, 0.25) is 0 Å².